The summed E-state index contributed by atoms with van der Waals surface area (Å²) in [5, 5.41) is 12.4. The highest BCUT2D eigenvalue weighted by Crippen LogP contribution is 2.27. The molecule has 0 unspecified atom stereocenters. The summed E-state index contributed by atoms with van der Waals surface area (Å²) < 4.78 is 0. The van der Waals surface area contributed by atoms with Crippen LogP contribution in [-0.4, -0.2) is 37.5 Å². The fraction of sp³-hybridized carbons (Fsp3) is 0.450. The maximum atomic E-state index is 12.6. The molecule has 1 aliphatic rings. The Hall–Kier alpha value is -3.03. The van der Waals surface area contributed by atoms with E-state index in [4.69, 9.17) is 0 Å². The van der Waals surface area contributed by atoms with Gasteiger partial charge in [-0.1, -0.05) is 25.7 Å². The smallest absolute Gasteiger partial charge is 0.329 e. The Bertz CT molecular complexity index is 916. The lowest BCUT2D eigenvalue weighted by Crippen LogP contribution is -2.54. The first-order valence-electron chi connectivity index (χ1n) is 9.46. The van der Waals surface area contributed by atoms with Crippen molar-refractivity contribution in [2.75, 3.05) is 0 Å². The molecule has 8 nitrogen and oxygen atoms in total. The third-order valence-electron chi connectivity index (χ3n) is 5.24. The highest BCUT2D eigenvalue weighted by Gasteiger charge is 2.40. The van der Waals surface area contributed by atoms with Gasteiger partial charge in [-0.05, 0) is 31.9 Å². The van der Waals surface area contributed by atoms with E-state index >= 15 is 0 Å². The van der Waals surface area contributed by atoms with Crippen LogP contribution in [0.4, 0.5) is 0 Å². The molecule has 148 valence electrons. The molecule has 1 saturated carbocycles. The Morgan fingerprint density at radius 3 is 2.54 bits per heavy atom. The Labute approximate surface area is 162 Å². The molecule has 2 heterocycles. The number of carboxylic acids is 1. The van der Waals surface area contributed by atoms with E-state index in [1.807, 2.05) is 0 Å². The van der Waals surface area contributed by atoms with Gasteiger partial charge in [-0.25, -0.2) is 9.78 Å². The van der Waals surface area contributed by atoms with Crippen LogP contribution in [0.15, 0.2) is 29.3 Å². The summed E-state index contributed by atoms with van der Waals surface area (Å²) in [6, 6.07) is 3.52. The normalized spacial score (nSPS) is 16.2. The van der Waals surface area contributed by atoms with E-state index < -0.39 is 23.0 Å². The number of hydrogen-bond donors (Lipinski definition) is 3. The van der Waals surface area contributed by atoms with Crippen LogP contribution in [0.5, 0.6) is 0 Å². The van der Waals surface area contributed by atoms with Gasteiger partial charge < -0.3 is 15.4 Å². The minimum Gasteiger partial charge on any atom is -0.480 e. The molecule has 0 saturated heterocycles. The van der Waals surface area contributed by atoms with E-state index in [1.54, 1.807) is 31.5 Å². The van der Waals surface area contributed by atoms with Crippen LogP contribution < -0.4 is 10.9 Å². The molecule has 1 aliphatic carbocycles. The average molecular weight is 384 g/mol. The van der Waals surface area contributed by atoms with Crippen LogP contribution in [0.3, 0.4) is 0 Å². The van der Waals surface area contributed by atoms with Gasteiger partial charge in [0.1, 0.15) is 11.4 Å². The van der Waals surface area contributed by atoms with Crippen molar-refractivity contribution in [1.82, 2.24) is 20.3 Å². The van der Waals surface area contributed by atoms with Crippen molar-refractivity contribution in [2.45, 2.75) is 57.4 Å². The summed E-state index contributed by atoms with van der Waals surface area (Å²) in [4.78, 5) is 48.0. The van der Waals surface area contributed by atoms with Crippen molar-refractivity contribution >= 4 is 11.9 Å². The molecule has 0 aromatic carbocycles. The van der Waals surface area contributed by atoms with Crippen LogP contribution >= 0.6 is 0 Å². The molecule has 28 heavy (non-hydrogen) atoms. The number of H-pyrrole nitrogens is 1. The number of aromatic nitrogens is 3. The molecule has 1 amide bonds. The molecule has 0 radical (unpaired) electrons. The van der Waals surface area contributed by atoms with Gasteiger partial charge in [0.05, 0.1) is 6.42 Å². The number of aryl methyl sites for hydroxylation is 1. The van der Waals surface area contributed by atoms with E-state index in [2.05, 4.69) is 20.3 Å². The van der Waals surface area contributed by atoms with E-state index in [1.165, 1.54) is 0 Å². The van der Waals surface area contributed by atoms with E-state index in [0.717, 1.165) is 25.7 Å². The number of carbonyl (C=O) groups is 2. The van der Waals surface area contributed by atoms with Gasteiger partial charge in [0, 0.05) is 29.2 Å². The lowest BCUT2D eigenvalue weighted by molar-refractivity contribution is -0.148. The van der Waals surface area contributed by atoms with Gasteiger partial charge in [0.15, 0.2) is 0 Å². The second-order valence-electron chi connectivity index (χ2n) is 7.25. The fourth-order valence-electron chi connectivity index (χ4n) is 3.65. The Balaban J connectivity index is 1.80. The number of rotatable bonds is 5. The zero-order valence-electron chi connectivity index (χ0n) is 15.8. The molecule has 3 rings (SSSR count). The summed E-state index contributed by atoms with van der Waals surface area (Å²) in [6.07, 6.45) is 7.25. The van der Waals surface area contributed by atoms with Gasteiger partial charge in [-0.15, -0.1) is 0 Å². The molecular formula is C20H24N4O4. The number of aromatic amines is 1. The Kier molecular flexibility index (Phi) is 5.87. The summed E-state index contributed by atoms with van der Waals surface area (Å²) in [6.45, 7) is 1.66. The first-order chi connectivity index (χ1) is 13.4. The van der Waals surface area contributed by atoms with E-state index in [0.29, 0.717) is 29.9 Å². The number of hydrogen-bond acceptors (Lipinski definition) is 5. The minimum absolute atomic E-state index is 0.212. The number of carbonyl (C=O) groups excluding carboxylic acids is 1. The molecule has 0 atom stereocenters. The van der Waals surface area contributed by atoms with Crippen molar-refractivity contribution in [2.24, 2.45) is 0 Å². The highest BCUT2D eigenvalue weighted by molar-refractivity contribution is 5.88. The number of pyridine rings is 1. The second kappa shape index (κ2) is 8.33. The molecule has 3 N–H and O–H groups in total. The number of aliphatic carboxylic acids is 1. The van der Waals surface area contributed by atoms with Gasteiger partial charge in [-0.2, -0.15) is 0 Å². The predicted octanol–water partition coefficient (Wildman–Crippen LogP) is 1.98. The first kappa shape index (κ1) is 19.7. The molecule has 2 aromatic rings. The zero-order chi connectivity index (χ0) is 20.1. The molecule has 2 aromatic heterocycles. The van der Waals surface area contributed by atoms with Crippen molar-refractivity contribution in [3.63, 3.8) is 0 Å². The summed E-state index contributed by atoms with van der Waals surface area (Å²) in [5.41, 5.74) is -0.326. The molecule has 0 bridgehead atoms. The van der Waals surface area contributed by atoms with Gasteiger partial charge in [0.25, 0.3) is 5.56 Å². The van der Waals surface area contributed by atoms with Crippen LogP contribution in [0.2, 0.25) is 0 Å². The van der Waals surface area contributed by atoms with Gasteiger partial charge in [-0.3, -0.25) is 14.6 Å². The summed E-state index contributed by atoms with van der Waals surface area (Å²) >= 11 is 0. The lowest BCUT2D eigenvalue weighted by Gasteiger charge is -2.29. The molecule has 8 heteroatoms. The average Bonchev–Trinajstić information content (AvgIpc) is 2.92. The number of carboxylic acid groups (broad SMARTS) is 1. The maximum Gasteiger partial charge on any atom is 0.329 e. The van der Waals surface area contributed by atoms with Crippen LogP contribution in [0.25, 0.3) is 11.4 Å². The standard InChI is InChI=1S/C20H24N4O4/c1-13-15(18(26)23-17(22-13)14-7-6-10-21-12-14)11-16(25)24-20(19(27)28)8-4-2-3-5-9-20/h6-7,10,12H,2-5,8-9,11H2,1H3,(H,24,25)(H,27,28)(H,22,23,26). The molecule has 1 fully saturated rings. The van der Waals surface area contributed by atoms with Gasteiger partial charge in [0.2, 0.25) is 5.91 Å². The largest absolute Gasteiger partial charge is 0.480 e. The monoisotopic (exact) mass is 384 g/mol. The Morgan fingerprint density at radius 2 is 1.96 bits per heavy atom. The van der Waals surface area contributed by atoms with Gasteiger partial charge >= 0.3 is 5.97 Å². The quantitative estimate of drug-likeness (QED) is 0.677. The molecule has 0 spiro atoms. The van der Waals surface area contributed by atoms with Crippen LogP contribution in [0, 0.1) is 6.92 Å². The van der Waals surface area contributed by atoms with Crippen molar-refractivity contribution in [1.29, 1.82) is 0 Å². The number of nitrogens with one attached hydrogen (secondary N) is 2. The SMILES string of the molecule is Cc1nc(-c2cccnc2)[nH]c(=O)c1CC(=O)NC1(C(=O)O)CCCCCC1. The van der Waals surface area contributed by atoms with Crippen molar-refractivity contribution in [3.8, 4) is 11.4 Å². The molecular weight excluding hydrogens is 360 g/mol. The molecule has 0 aliphatic heterocycles. The maximum absolute atomic E-state index is 12.6. The predicted molar refractivity (Wildman–Crippen MR) is 103 cm³/mol. The first-order valence-corrected chi connectivity index (χ1v) is 9.46. The lowest BCUT2D eigenvalue weighted by atomic mass is 9.90. The third-order valence-corrected chi connectivity index (χ3v) is 5.24. The zero-order valence-corrected chi connectivity index (χ0v) is 15.8. The highest BCUT2D eigenvalue weighted by atomic mass is 16.4. The third kappa shape index (κ3) is 4.27. The van der Waals surface area contributed by atoms with Crippen LogP contribution in [0.1, 0.15) is 49.8 Å². The van der Waals surface area contributed by atoms with E-state index in [9.17, 15) is 19.5 Å². The minimum atomic E-state index is -1.25. The van der Waals surface area contributed by atoms with E-state index in [-0.39, 0.29) is 12.0 Å². The fourth-order valence-corrected chi connectivity index (χ4v) is 3.65. The summed E-state index contributed by atoms with van der Waals surface area (Å²) in [5.74, 6) is -1.11. The number of amides is 1. The van der Waals surface area contributed by atoms with Crippen molar-refractivity contribution in [3.05, 3.63) is 46.1 Å². The summed E-state index contributed by atoms with van der Waals surface area (Å²) in [7, 11) is 0. The Morgan fingerprint density at radius 1 is 1.25 bits per heavy atom. The second-order valence-corrected chi connectivity index (χ2v) is 7.25. The van der Waals surface area contributed by atoms with Crippen LogP contribution in [-0.2, 0) is 16.0 Å². The topological polar surface area (TPSA) is 125 Å². The van der Waals surface area contributed by atoms with Crippen molar-refractivity contribution < 1.29 is 14.7 Å². The number of nitrogens with zero attached hydrogens (tertiary/aromatic N) is 2.